The normalized spacial score (nSPS) is 38.2. The molecule has 0 bridgehead atoms. The van der Waals surface area contributed by atoms with Gasteiger partial charge in [0.2, 0.25) is 0 Å². The summed E-state index contributed by atoms with van der Waals surface area (Å²) in [4.78, 5) is 2.81. The lowest BCUT2D eigenvalue weighted by Gasteiger charge is -2.40. The van der Waals surface area contributed by atoms with Gasteiger partial charge in [-0.2, -0.15) is 0 Å². The van der Waals surface area contributed by atoms with E-state index in [0.717, 1.165) is 12.1 Å². The van der Waals surface area contributed by atoms with E-state index in [9.17, 15) is 0 Å². The summed E-state index contributed by atoms with van der Waals surface area (Å²) in [5, 5.41) is 0. The van der Waals surface area contributed by atoms with E-state index in [1.54, 1.807) is 0 Å². The first kappa shape index (κ1) is 12.4. The van der Waals surface area contributed by atoms with Gasteiger partial charge in [0.25, 0.3) is 0 Å². The lowest BCUT2D eigenvalue weighted by molar-refractivity contribution is 0.0978. The molecular formula is C14H28N2. The third kappa shape index (κ3) is 2.98. The fraction of sp³-hybridized carbons (Fsp3) is 1.00. The van der Waals surface area contributed by atoms with Gasteiger partial charge in [0.1, 0.15) is 0 Å². The largest absolute Gasteiger partial charge is 0.328 e. The molecule has 1 saturated carbocycles. The highest BCUT2D eigenvalue weighted by Crippen LogP contribution is 2.28. The molecule has 2 aliphatic rings. The van der Waals surface area contributed by atoms with Gasteiger partial charge in [0.05, 0.1) is 0 Å². The van der Waals surface area contributed by atoms with Crippen molar-refractivity contribution >= 4 is 0 Å². The Morgan fingerprint density at radius 2 is 1.94 bits per heavy atom. The minimum absolute atomic E-state index is 0.472. The quantitative estimate of drug-likeness (QED) is 0.781. The molecular weight excluding hydrogens is 196 g/mol. The van der Waals surface area contributed by atoms with E-state index in [1.807, 2.05) is 0 Å². The van der Waals surface area contributed by atoms with Crippen LogP contribution in [0.2, 0.25) is 0 Å². The number of rotatable bonds is 2. The molecule has 16 heavy (non-hydrogen) atoms. The van der Waals surface area contributed by atoms with Crippen molar-refractivity contribution in [2.24, 2.45) is 5.73 Å². The smallest absolute Gasteiger partial charge is 0.0113 e. The molecule has 3 atom stereocenters. The van der Waals surface area contributed by atoms with Crippen molar-refractivity contribution in [1.82, 2.24) is 4.90 Å². The van der Waals surface area contributed by atoms with Crippen molar-refractivity contribution in [3.05, 3.63) is 0 Å². The molecule has 1 heterocycles. The maximum atomic E-state index is 6.13. The number of hydrogen-bond donors (Lipinski definition) is 1. The Morgan fingerprint density at radius 1 is 1.06 bits per heavy atom. The monoisotopic (exact) mass is 224 g/mol. The Bertz CT molecular complexity index is 205. The van der Waals surface area contributed by atoms with Crippen LogP contribution in [0.5, 0.6) is 0 Å². The molecule has 94 valence electrons. The Kier molecular flexibility index (Phi) is 4.66. The standard InChI is InChI=1S/C14H28N2/c1-2-13-8-4-3-5-10-16(13)14-9-6-7-12(15)11-14/h12-14H,2-11,15H2,1H3. The van der Waals surface area contributed by atoms with E-state index in [1.165, 1.54) is 64.3 Å². The van der Waals surface area contributed by atoms with Crippen molar-refractivity contribution in [3.8, 4) is 0 Å². The third-order valence-electron chi connectivity index (χ3n) is 4.55. The molecule has 1 saturated heterocycles. The molecule has 0 aromatic heterocycles. The van der Waals surface area contributed by atoms with Crippen LogP contribution in [0.25, 0.3) is 0 Å². The second-order valence-electron chi connectivity index (χ2n) is 5.73. The second-order valence-corrected chi connectivity index (χ2v) is 5.73. The summed E-state index contributed by atoms with van der Waals surface area (Å²) in [5.41, 5.74) is 6.13. The Balaban J connectivity index is 1.97. The number of nitrogens with zero attached hydrogens (tertiary/aromatic N) is 1. The van der Waals surface area contributed by atoms with Crippen LogP contribution in [0.4, 0.5) is 0 Å². The fourth-order valence-corrected chi connectivity index (χ4v) is 3.62. The van der Waals surface area contributed by atoms with Crippen LogP contribution in [0.1, 0.15) is 64.7 Å². The molecule has 1 aliphatic heterocycles. The topological polar surface area (TPSA) is 29.3 Å². The Labute approximate surface area is 101 Å². The van der Waals surface area contributed by atoms with Crippen molar-refractivity contribution < 1.29 is 0 Å². The van der Waals surface area contributed by atoms with Gasteiger partial charge in [-0.3, -0.25) is 4.90 Å². The molecule has 2 nitrogen and oxygen atoms in total. The summed E-state index contributed by atoms with van der Waals surface area (Å²) in [7, 11) is 0. The summed E-state index contributed by atoms with van der Waals surface area (Å²) in [6.45, 7) is 3.68. The highest BCUT2D eigenvalue weighted by molar-refractivity contribution is 4.86. The minimum atomic E-state index is 0.472. The van der Waals surface area contributed by atoms with Crippen LogP contribution in [0.3, 0.4) is 0 Å². The van der Waals surface area contributed by atoms with Gasteiger partial charge in [-0.15, -0.1) is 0 Å². The fourth-order valence-electron chi connectivity index (χ4n) is 3.62. The maximum Gasteiger partial charge on any atom is 0.0113 e. The predicted molar refractivity (Wildman–Crippen MR) is 69.5 cm³/mol. The van der Waals surface area contributed by atoms with Crippen molar-refractivity contribution in [3.63, 3.8) is 0 Å². The first-order valence-electron chi connectivity index (χ1n) is 7.32. The molecule has 0 spiro atoms. The zero-order chi connectivity index (χ0) is 11.4. The van der Waals surface area contributed by atoms with Gasteiger partial charge in [-0.1, -0.05) is 26.2 Å². The van der Waals surface area contributed by atoms with Gasteiger partial charge in [0.15, 0.2) is 0 Å². The van der Waals surface area contributed by atoms with Gasteiger partial charge in [0, 0.05) is 18.1 Å². The van der Waals surface area contributed by atoms with E-state index in [0.29, 0.717) is 6.04 Å². The summed E-state index contributed by atoms with van der Waals surface area (Å²) in [6, 6.07) is 2.11. The first-order chi connectivity index (χ1) is 7.81. The molecule has 0 aromatic rings. The highest BCUT2D eigenvalue weighted by atomic mass is 15.2. The van der Waals surface area contributed by atoms with E-state index in [2.05, 4.69) is 11.8 Å². The van der Waals surface area contributed by atoms with Crippen LogP contribution in [0.15, 0.2) is 0 Å². The lowest BCUT2D eigenvalue weighted by Crippen LogP contribution is -2.47. The Hall–Kier alpha value is -0.0800. The zero-order valence-corrected chi connectivity index (χ0v) is 10.8. The van der Waals surface area contributed by atoms with Crippen molar-refractivity contribution in [2.75, 3.05) is 6.54 Å². The highest BCUT2D eigenvalue weighted by Gasteiger charge is 2.29. The van der Waals surface area contributed by atoms with Gasteiger partial charge < -0.3 is 5.73 Å². The van der Waals surface area contributed by atoms with E-state index < -0.39 is 0 Å². The average Bonchev–Trinajstić information content (AvgIpc) is 2.53. The second kappa shape index (κ2) is 6.02. The third-order valence-corrected chi connectivity index (χ3v) is 4.55. The summed E-state index contributed by atoms with van der Waals surface area (Å²) >= 11 is 0. The molecule has 1 aliphatic carbocycles. The van der Waals surface area contributed by atoms with Crippen molar-refractivity contribution in [2.45, 2.75) is 82.8 Å². The summed E-state index contributed by atoms with van der Waals surface area (Å²) in [6.07, 6.45) is 12.3. The molecule has 0 radical (unpaired) electrons. The predicted octanol–water partition coefficient (Wildman–Crippen LogP) is 2.91. The minimum Gasteiger partial charge on any atom is -0.328 e. The summed E-state index contributed by atoms with van der Waals surface area (Å²) in [5.74, 6) is 0. The van der Waals surface area contributed by atoms with Crippen LogP contribution in [0, 0.1) is 0 Å². The van der Waals surface area contributed by atoms with Gasteiger partial charge in [-0.05, 0) is 45.1 Å². The molecule has 2 rings (SSSR count). The SMILES string of the molecule is CCC1CCCCCN1C1CCCC(N)C1. The maximum absolute atomic E-state index is 6.13. The molecule has 0 aromatic carbocycles. The number of nitrogens with two attached hydrogens (primary N) is 1. The van der Waals surface area contributed by atoms with Gasteiger partial charge >= 0.3 is 0 Å². The molecule has 3 unspecified atom stereocenters. The average molecular weight is 224 g/mol. The number of hydrogen-bond acceptors (Lipinski definition) is 2. The summed E-state index contributed by atoms with van der Waals surface area (Å²) < 4.78 is 0. The van der Waals surface area contributed by atoms with Crippen molar-refractivity contribution in [1.29, 1.82) is 0 Å². The van der Waals surface area contributed by atoms with Gasteiger partial charge in [-0.25, -0.2) is 0 Å². The number of likely N-dealkylation sites (tertiary alicyclic amines) is 1. The van der Waals surface area contributed by atoms with E-state index in [4.69, 9.17) is 5.73 Å². The molecule has 0 amide bonds. The molecule has 2 N–H and O–H groups in total. The lowest BCUT2D eigenvalue weighted by atomic mass is 9.89. The zero-order valence-electron chi connectivity index (χ0n) is 10.8. The Morgan fingerprint density at radius 3 is 2.69 bits per heavy atom. The molecule has 2 fully saturated rings. The first-order valence-corrected chi connectivity index (χ1v) is 7.32. The van der Waals surface area contributed by atoms with E-state index in [-0.39, 0.29) is 0 Å². The van der Waals surface area contributed by atoms with Crippen LogP contribution >= 0.6 is 0 Å². The van der Waals surface area contributed by atoms with E-state index >= 15 is 0 Å². The van der Waals surface area contributed by atoms with Crippen LogP contribution in [-0.4, -0.2) is 29.6 Å². The van der Waals surface area contributed by atoms with Crippen LogP contribution in [-0.2, 0) is 0 Å². The van der Waals surface area contributed by atoms with Crippen LogP contribution < -0.4 is 5.73 Å². The molecule has 2 heteroatoms.